The van der Waals surface area contributed by atoms with Crippen LogP contribution in [0, 0.1) is 0 Å². The lowest BCUT2D eigenvalue weighted by molar-refractivity contribution is -0.132. The van der Waals surface area contributed by atoms with E-state index < -0.39 is 0 Å². The molecular formula is C18H25ClN4O2. The lowest BCUT2D eigenvalue weighted by Crippen LogP contribution is -2.39. The van der Waals surface area contributed by atoms with Crippen molar-refractivity contribution in [2.24, 2.45) is 5.73 Å². The van der Waals surface area contributed by atoms with Crippen LogP contribution in [0.3, 0.4) is 0 Å². The van der Waals surface area contributed by atoms with Gasteiger partial charge < -0.3 is 15.2 Å². The number of hydrogen-bond acceptors (Lipinski definition) is 5. The van der Waals surface area contributed by atoms with Gasteiger partial charge in [0.2, 0.25) is 17.6 Å². The number of amides is 1. The minimum atomic E-state index is 0. The Hall–Kier alpha value is -1.92. The standard InChI is InChI=1S/C18H24N4O2.ClH/c1-2-4-16(23)22-10-3-5-15(12-22)18-20-17(21-24-18)14-8-6-13(11-19)7-9-14;/h6-9,15H,2-5,10-12,19H2,1H3;1H. The van der Waals surface area contributed by atoms with Crippen LogP contribution in [-0.4, -0.2) is 34.0 Å². The molecule has 2 heterocycles. The molecule has 1 aromatic heterocycles. The van der Waals surface area contributed by atoms with Crippen LogP contribution < -0.4 is 5.73 Å². The fraction of sp³-hybridized carbons (Fsp3) is 0.500. The normalized spacial score (nSPS) is 17.2. The fourth-order valence-electron chi connectivity index (χ4n) is 3.09. The van der Waals surface area contributed by atoms with Crippen LogP contribution in [0.5, 0.6) is 0 Å². The SMILES string of the molecule is CCCC(=O)N1CCCC(c2nc(-c3ccc(CN)cc3)no2)C1.Cl. The number of carbonyl (C=O) groups excluding carboxylic acids is 1. The molecule has 0 saturated carbocycles. The van der Waals surface area contributed by atoms with Gasteiger partial charge in [-0.25, -0.2) is 0 Å². The topological polar surface area (TPSA) is 85.2 Å². The highest BCUT2D eigenvalue weighted by Crippen LogP contribution is 2.28. The number of piperidine rings is 1. The molecule has 1 aliphatic heterocycles. The molecule has 1 fully saturated rings. The maximum Gasteiger partial charge on any atom is 0.231 e. The molecule has 1 amide bonds. The second-order valence-electron chi connectivity index (χ2n) is 6.29. The number of benzene rings is 1. The van der Waals surface area contributed by atoms with E-state index in [1.807, 2.05) is 36.1 Å². The molecule has 0 bridgehead atoms. The largest absolute Gasteiger partial charge is 0.342 e. The quantitative estimate of drug-likeness (QED) is 0.880. The highest BCUT2D eigenvalue weighted by Gasteiger charge is 2.28. The number of hydrogen-bond donors (Lipinski definition) is 1. The van der Waals surface area contributed by atoms with Gasteiger partial charge in [-0.3, -0.25) is 4.79 Å². The lowest BCUT2D eigenvalue weighted by Gasteiger charge is -2.31. The first-order chi connectivity index (χ1) is 11.7. The molecule has 3 rings (SSSR count). The third-order valence-electron chi connectivity index (χ3n) is 4.48. The molecule has 7 heteroatoms. The zero-order chi connectivity index (χ0) is 16.9. The average Bonchev–Trinajstić information content (AvgIpc) is 3.12. The van der Waals surface area contributed by atoms with Gasteiger partial charge in [-0.2, -0.15) is 4.98 Å². The number of likely N-dealkylation sites (tertiary alicyclic amines) is 1. The Labute approximate surface area is 154 Å². The predicted molar refractivity (Wildman–Crippen MR) is 98.3 cm³/mol. The minimum Gasteiger partial charge on any atom is -0.342 e. The summed E-state index contributed by atoms with van der Waals surface area (Å²) in [6, 6.07) is 7.85. The zero-order valence-electron chi connectivity index (χ0n) is 14.5. The van der Waals surface area contributed by atoms with E-state index in [0.29, 0.717) is 31.2 Å². The summed E-state index contributed by atoms with van der Waals surface area (Å²) in [5.74, 6) is 1.57. The maximum absolute atomic E-state index is 12.1. The Morgan fingerprint density at radius 1 is 1.36 bits per heavy atom. The molecule has 0 radical (unpaired) electrons. The van der Waals surface area contributed by atoms with Gasteiger partial charge in [-0.05, 0) is 24.8 Å². The molecule has 1 aromatic carbocycles. The molecule has 1 aliphatic rings. The van der Waals surface area contributed by atoms with Crippen LogP contribution >= 0.6 is 12.4 Å². The summed E-state index contributed by atoms with van der Waals surface area (Å²) < 4.78 is 5.48. The van der Waals surface area contributed by atoms with Crippen LogP contribution in [0.2, 0.25) is 0 Å². The van der Waals surface area contributed by atoms with Crippen molar-refractivity contribution < 1.29 is 9.32 Å². The highest BCUT2D eigenvalue weighted by atomic mass is 35.5. The van der Waals surface area contributed by atoms with Gasteiger partial charge >= 0.3 is 0 Å². The van der Waals surface area contributed by atoms with Gasteiger partial charge in [0.15, 0.2) is 0 Å². The molecule has 0 spiro atoms. The van der Waals surface area contributed by atoms with Crippen molar-refractivity contribution >= 4 is 18.3 Å². The smallest absolute Gasteiger partial charge is 0.231 e. The Morgan fingerprint density at radius 3 is 2.80 bits per heavy atom. The number of rotatable bonds is 5. The van der Waals surface area contributed by atoms with Crippen molar-refractivity contribution in [3.05, 3.63) is 35.7 Å². The molecule has 1 atom stereocenters. The van der Waals surface area contributed by atoms with Crippen molar-refractivity contribution in [2.45, 2.75) is 45.1 Å². The van der Waals surface area contributed by atoms with Crippen LogP contribution in [-0.2, 0) is 11.3 Å². The lowest BCUT2D eigenvalue weighted by atomic mass is 9.97. The second kappa shape index (κ2) is 8.97. The first-order valence-electron chi connectivity index (χ1n) is 8.62. The van der Waals surface area contributed by atoms with Crippen LogP contribution in [0.4, 0.5) is 0 Å². The third kappa shape index (κ3) is 4.58. The summed E-state index contributed by atoms with van der Waals surface area (Å²) in [7, 11) is 0. The van der Waals surface area contributed by atoms with Crippen LogP contribution in [0.1, 0.15) is 50.0 Å². The number of aromatic nitrogens is 2. The summed E-state index contributed by atoms with van der Waals surface area (Å²) in [4.78, 5) is 18.6. The molecule has 1 saturated heterocycles. The summed E-state index contributed by atoms with van der Waals surface area (Å²) in [6.45, 7) is 4.05. The summed E-state index contributed by atoms with van der Waals surface area (Å²) in [5.41, 5.74) is 7.60. The highest BCUT2D eigenvalue weighted by molar-refractivity contribution is 5.85. The average molecular weight is 365 g/mol. The van der Waals surface area contributed by atoms with Crippen molar-refractivity contribution in [3.63, 3.8) is 0 Å². The van der Waals surface area contributed by atoms with E-state index in [4.69, 9.17) is 10.3 Å². The molecule has 25 heavy (non-hydrogen) atoms. The summed E-state index contributed by atoms with van der Waals surface area (Å²) in [5, 5.41) is 4.10. The van der Waals surface area contributed by atoms with Crippen molar-refractivity contribution in [1.29, 1.82) is 0 Å². The number of halogens is 1. The molecule has 2 aromatic rings. The summed E-state index contributed by atoms with van der Waals surface area (Å²) >= 11 is 0. The van der Waals surface area contributed by atoms with Gasteiger partial charge in [0.25, 0.3) is 0 Å². The second-order valence-corrected chi connectivity index (χ2v) is 6.29. The third-order valence-corrected chi connectivity index (χ3v) is 4.48. The van der Waals surface area contributed by atoms with E-state index in [0.717, 1.165) is 36.9 Å². The van der Waals surface area contributed by atoms with Gasteiger partial charge in [-0.15, -0.1) is 12.4 Å². The summed E-state index contributed by atoms with van der Waals surface area (Å²) in [6.07, 6.45) is 3.44. The first-order valence-corrected chi connectivity index (χ1v) is 8.62. The Kier molecular flexibility index (Phi) is 6.96. The molecule has 6 nitrogen and oxygen atoms in total. The molecular weight excluding hydrogens is 340 g/mol. The van der Waals surface area contributed by atoms with Crippen molar-refractivity contribution in [2.75, 3.05) is 13.1 Å². The van der Waals surface area contributed by atoms with E-state index in [-0.39, 0.29) is 24.2 Å². The number of nitrogens with zero attached hydrogens (tertiary/aromatic N) is 3. The van der Waals surface area contributed by atoms with Gasteiger partial charge in [-0.1, -0.05) is 36.3 Å². The zero-order valence-corrected chi connectivity index (χ0v) is 15.3. The van der Waals surface area contributed by atoms with E-state index in [1.165, 1.54) is 0 Å². The van der Waals surface area contributed by atoms with Crippen molar-refractivity contribution in [1.82, 2.24) is 15.0 Å². The van der Waals surface area contributed by atoms with E-state index in [1.54, 1.807) is 0 Å². The van der Waals surface area contributed by atoms with E-state index >= 15 is 0 Å². The monoisotopic (exact) mass is 364 g/mol. The molecule has 136 valence electrons. The Morgan fingerprint density at radius 2 is 2.12 bits per heavy atom. The molecule has 2 N–H and O–H groups in total. The number of nitrogens with two attached hydrogens (primary N) is 1. The van der Waals surface area contributed by atoms with Gasteiger partial charge in [0.1, 0.15) is 0 Å². The number of carbonyl (C=O) groups is 1. The van der Waals surface area contributed by atoms with Crippen LogP contribution in [0.25, 0.3) is 11.4 Å². The molecule has 1 unspecified atom stereocenters. The molecule has 0 aliphatic carbocycles. The maximum atomic E-state index is 12.1. The van der Waals surface area contributed by atoms with E-state index in [9.17, 15) is 4.79 Å². The first kappa shape index (κ1) is 19.4. The van der Waals surface area contributed by atoms with Crippen molar-refractivity contribution in [3.8, 4) is 11.4 Å². The Bertz CT molecular complexity index is 687. The fourth-order valence-corrected chi connectivity index (χ4v) is 3.09. The Balaban J connectivity index is 0.00000225. The predicted octanol–water partition coefficient (Wildman–Crippen LogP) is 3.12. The van der Waals surface area contributed by atoms with Crippen LogP contribution in [0.15, 0.2) is 28.8 Å². The van der Waals surface area contributed by atoms with Gasteiger partial charge in [0.05, 0.1) is 5.92 Å². The van der Waals surface area contributed by atoms with E-state index in [2.05, 4.69) is 10.1 Å². The minimum absolute atomic E-state index is 0. The van der Waals surface area contributed by atoms with Gasteiger partial charge in [0, 0.05) is 31.6 Å².